The van der Waals surface area contributed by atoms with Crippen LogP contribution in [0.4, 0.5) is 27.9 Å². The van der Waals surface area contributed by atoms with Crippen molar-refractivity contribution in [3.8, 4) is 17.0 Å². The molecule has 5 heterocycles. The normalized spacial score (nSPS) is 21.0. The third-order valence-electron chi connectivity index (χ3n) is 7.35. The number of rotatable bonds is 7. The number of hydrogen-bond acceptors (Lipinski definition) is 8. The van der Waals surface area contributed by atoms with Crippen LogP contribution >= 0.6 is 0 Å². The van der Waals surface area contributed by atoms with Gasteiger partial charge in [-0.25, -0.2) is 31.1 Å². The van der Waals surface area contributed by atoms with E-state index in [9.17, 15) is 8.78 Å². The van der Waals surface area contributed by atoms with Crippen molar-refractivity contribution in [2.45, 2.75) is 43.8 Å². The van der Waals surface area contributed by atoms with E-state index in [2.05, 4.69) is 25.7 Å². The Morgan fingerprint density at radius 2 is 2.05 bits per heavy atom. The number of likely N-dealkylation sites (tertiary alicyclic amines) is 1. The molecular weight excluding hydrogens is 527 g/mol. The summed E-state index contributed by atoms with van der Waals surface area (Å²) < 4.78 is 84.3. The minimum absolute atomic E-state index is 0.0504. The molecule has 1 atom stereocenters. The van der Waals surface area contributed by atoms with E-state index < -0.39 is 42.8 Å². The standard InChI is InChI=1S/C24H25F5N8O2/c1-23(11-39-12-23)35-6-5-17(24(28,29)10-35)30-22-31-21(38-2)20-19(14(25)8-37(20)33-22)13-3-4-15-16(7-13)36(34-32-15)9-18(26)27/h3-4,7-8,17-18H,5-6,9-12H2,1-2H3,(H,30,33). The molecule has 0 bridgehead atoms. The van der Waals surface area contributed by atoms with Gasteiger partial charge in [0, 0.05) is 6.54 Å². The van der Waals surface area contributed by atoms with Crippen LogP contribution in [-0.4, -0.2) is 91.8 Å². The largest absolute Gasteiger partial charge is 0.479 e. The highest BCUT2D eigenvalue weighted by molar-refractivity contribution is 5.89. The summed E-state index contributed by atoms with van der Waals surface area (Å²) in [4.78, 5) is 6.00. The SMILES string of the molecule is COc1nc(NC2CCN(C3(C)COC3)CC2(F)F)nn2cc(F)c(-c3ccc4nnn(CC(F)F)c4c3)c12. The van der Waals surface area contributed by atoms with E-state index in [1.54, 1.807) is 11.0 Å². The summed E-state index contributed by atoms with van der Waals surface area (Å²) in [6.45, 7) is 2.06. The molecule has 1 aromatic carbocycles. The number of methoxy groups -OCH3 is 1. The third-order valence-corrected chi connectivity index (χ3v) is 7.35. The zero-order valence-corrected chi connectivity index (χ0v) is 21.0. The summed E-state index contributed by atoms with van der Waals surface area (Å²) in [5.41, 5.74) is 0.786. The monoisotopic (exact) mass is 552 g/mol. The minimum atomic E-state index is -3.08. The Labute approximate surface area is 218 Å². The van der Waals surface area contributed by atoms with E-state index in [4.69, 9.17) is 9.47 Å². The lowest BCUT2D eigenvalue weighted by Gasteiger charge is -2.51. The Kier molecular flexibility index (Phi) is 6.10. The van der Waals surface area contributed by atoms with Crippen molar-refractivity contribution < 1.29 is 31.4 Å². The summed E-state index contributed by atoms with van der Waals surface area (Å²) >= 11 is 0. The van der Waals surface area contributed by atoms with Crippen molar-refractivity contribution >= 4 is 22.5 Å². The molecule has 2 saturated heterocycles. The summed E-state index contributed by atoms with van der Waals surface area (Å²) in [6, 6.07) is 3.35. The van der Waals surface area contributed by atoms with Crippen molar-refractivity contribution in [1.29, 1.82) is 0 Å². The van der Waals surface area contributed by atoms with Crippen LogP contribution < -0.4 is 10.1 Å². The Bertz CT molecular complexity index is 1540. The fourth-order valence-corrected chi connectivity index (χ4v) is 5.20. The lowest BCUT2D eigenvalue weighted by atomic mass is 9.91. The van der Waals surface area contributed by atoms with Crippen molar-refractivity contribution in [1.82, 2.24) is 34.5 Å². The van der Waals surface area contributed by atoms with Crippen molar-refractivity contribution in [3.63, 3.8) is 0 Å². The number of anilines is 1. The Morgan fingerprint density at radius 1 is 1.26 bits per heavy atom. The zero-order chi connectivity index (χ0) is 27.5. The maximum atomic E-state index is 15.3. The number of halogens is 5. The van der Waals surface area contributed by atoms with Crippen LogP contribution in [0, 0.1) is 5.82 Å². The molecule has 1 unspecified atom stereocenters. The fraction of sp³-hybridized carbons (Fsp3) is 0.500. The summed E-state index contributed by atoms with van der Waals surface area (Å²) in [6.07, 6.45) is -1.44. The number of nitrogens with one attached hydrogen (secondary N) is 1. The van der Waals surface area contributed by atoms with E-state index in [0.717, 1.165) is 15.4 Å². The molecule has 39 heavy (non-hydrogen) atoms. The highest BCUT2D eigenvalue weighted by Crippen LogP contribution is 2.38. The van der Waals surface area contributed by atoms with Crippen molar-refractivity contribution in [2.75, 3.05) is 38.7 Å². The molecule has 2 aliphatic heterocycles. The highest BCUT2D eigenvalue weighted by Gasteiger charge is 2.51. The Balaban J connectivity index is 1.32. The summed E-state index contributed by atoms with van der Waals surface area (Å²) in [5.74, 6) is -3.97. The first-order valence-electron chi connectivity index (χ1n) is 12.3. The molecule has 0 aliphatic carbocycles. The second-order valence-electron chi connectivity index (χ2n) is 10.1. The van der Waals surface area contributed by atoms with Gasteiger partial charge >= 0.3 is 0 Å². The average molecular weight is 553 g/mol. The summed E-state index contributed by atoms with van der Waals surface area (Å²) in [5, 5.41) is 14.6. The van der Waals surface area contributed by atoms with Crippen LogP contribution in [0.15, 0.2) is 24.4 Å². The van der Waals surface area contributed by atoms with Crippen molar-refractivity contribution in [3.05, 3.63) is 30.2 Å². The number of piperidine rings is 1. The molecule has 3 aromatic heterocycles. The maximum Gasteiger partial charge on any atom is 0.280 e. The highest BCUT2D eigenvalue weighted by atomic mass is 19.3. The Morgan fingerprint density at radius 3 is 2.72 bits per heavy atom. The van der Waals surface area contributed by atoms with Gasteiger partial charge < -0.3 is 14.8 Å². The number of nitrogens with zero attached hydrogens (tertiary/aromatic N) is 7. The van der Waals surface area contributed by atoms with E-state index in [1.165, 1.54) is 19.2 Å². The average Bonchev–Trinajstić information content (AvgIpc) is 3.41. The van der Waals surface area contributed by atoms with E-state index in [1.807, 2.05) is 6.92 Å². The lowest BCUT2D eigenvalue weighted by Crippen LogP contribution is -2.67. The van der Waals surface area contributed by atoms with E-state index >= 15 is 13.2 Å². The number of ether oxygens (including phenoxy) is 2. The van der Waals surface area contributed by atoms with Crippen LogP contribution in [0.25, 0.3) is 27.7 Å². The van der Waals surface area contributed by atoms with Crippen LogP contribution in [0.5, 0.6) is 5.88 Å². The number of aromatic nitrogens is 6. The molecule has 0 radical (unpaired) electrons. The fourth-order valence-electron chi connectivity index (χ4n) is 5.20. The molecule has 10 nitrogen and oxygen atoms in total. The third kappa shape index (κ3) is 4.42. The molecule has 2 fully saturated rings. The van der Waals surface area contributed by atoms with Crippen LogP contribution in [0.2, 0.25) is 0 Å². The molecule has 2 aliphatic rings. The molecule has 1 N–H and O–H groups in total. The second-order valence-corrected chi connectivity index (χ2v) is 10.1. The first-order chi connectivity index (χ1) is 18.6. The smallest absolute Gasteiger partial charge is 0.280 e. The second kappa shape index (κ2) is 9.26. The predicted octanol–water partition coefficient (Wildman–Crippen LogP) is 3.46. The van der Waals surface area contributed by atoms with E-state index in [0.29, 0.717) is 36.4 Å². The number of benzene rings is 1. The van der Waals surface area contributed by atoms with Gasteiger partial charge in [0.25, 0.3) is 12.3 Å². The minimum Gasteiger partial charge on any atom is -0.479 e. The Hall–Kier alpha value is -3.59. The van der Waals surface area contributed by atoms with Gasteiger partial charge in [-0.3, -0.25) is 4.90 Å². The molecule has 208 valence electrons. The van der Waals surface area contributed by atoms with Crippen LogP contribution in [0.3, 0.4) is 0 Å². The predicted molar refractivity (Wildman–Crippen MR) is 130 cm³/mol. The van der Waals surface area contributed by atoms with E-state index in [-0.39, 0.29) is 29.3 Å². The van der Waals surface area contributed by atoms with Gasteiger partial charge in [-0.05, 0) is 31.0 Å². The van der Waals surface area contributed by atoms with Gasteiger partial charge in [0.1, 0.15) is 17.6 Å². The first-order valence-corrected chi connectivity index (χ1v) is 12.3. The quantitative estimate of drug-likeness (QED) is 0.349. The molecule has 4 aromatic rings. The molecular formula is C24H25F5N8O2. The first kappa shape index (κ1) is 25.7. The van der Waals surface area contributed by atoms with Gasteiger partial charge in [0.15, 0.2) is 5.82 Å². The van der Waals surface area contributed by atoms with Crippen LogP contribution in [0.1, 0.15) is 13.3 Å². The van der Waals surface area contributed by atoms with Gasteiger partial charge in [0.05, 0.1) is 55.7 Å². The van der Waals surface area contributed by atoms with Gasteiger partial charge in [-0.15, -0.1) is 10.2 Å². The topological polar surface area (TPSA) is 94.6 Å². The zero-order valence-electron chi connectivity index (χ0n) is 21.0. The number of hydrogen-bond donors (Lipinski definition) is 1. The van der Waals surface area contributed by atoms with Gasteiger partial charge in [-0.1, -0.05) is 11.3 Å². The molecule has 6 rings (SSSR count). The van der Waals surface area contributed by atoms with Gasteiger partial charge in [0.2, 0.25) is 11.8 Å². The number of fused-ring (bicyclic) bond motifs is 2. The van der Waals surface area contributed by atoms with Crippen molar-refractivity contribution in [2.24, 2.45) is 0 Å². The van der Waals surface area contributed by atoms with Crippen LogP contribution in [-0.2, 0) is 11.3 Å². The molecule has 0 saturated carbocycles. The molecule has 0 spiro atoms. The lowest BCUT2D eigenvalue weighted by molar-refractivity contribution is -0.174. The van der Waals surface area contributed by atoms with Gasteiger partial charge in [-0.2, -0.15) is 4.98 Å². The molecule has 15 heteroatoms. The number of alkyl halides is 4. The summed E-state index contributed by atoms with van der Waals surface area (Å²) in [7, 11) is 1.32. The maximum absolute atomic E-state index is 15.3. The molecule has 0 amide bonds.